The first kappa shape index (κ1) is 14.0. The van der Waals surface area contributed by atoms with Crippen LogP contribution in [0.5, 0.6) is 0 Å². The second-order valence-electron chi connectivity index (χ2n) is 4.82. The second-order valence-corrected chi connectivity index (χ2v) is 4.82. The molecule has 2 aliphatic carbocycles. The van der Waals surface area contributed by atoms with Crippen LogP contribution in [0.1, 0.15) is 19.4 Å². The highest BCUT2D eigenvalue weighted by Gasteiger charge is 2.05. The van der Waals surface area contributed by atoms with E-state index in [9.17, 15) is 4.79 Å². The number of rotatable bonds is 4. The maximum Gasteiger partial charge on any atom is 0.143 e. The van der Waals surface area contributed by atoms with E-state index in [1.165, 1.54) is 22.3 Å². The van der Waals surface area contributed by atoms with Crippen molar-refractivity contribution in [2.75, 3.05) is 0 Å². The molecule has 0 unspecified atom stereocenters. The standard InChI is InChI=1S/C19H18O/c1-15(11-12-20)7-6-8-16(2)19-13-17-9-4-3-5-10-18(17)14-19/h3-14H,1-2H3/b7-6+,15-11+,16-8+. The van der Waals surface area contributed by atoms with Crippen LogP contribution < -0.4 is 0 Å². The molecule has 0 spiro atoms. The predicted octanol–water partition coefficient (Wildman–Crippen LogP) is 4.90. The van der Waals surface area contributed by atoms with Crippen molar-refractivity contribution in [2.45, 2.75) is 13.8 Å². The third-order valence-electron chi connectivity index (χ3n) is 3.22. The lowest BCUT2D eigenvalue weighted by molar-refractivity contribution is -0.104. The van der Waals surface area contributed by atoms with Crippen LogP contribution in [0.15, 0.2) is 72.3 Å². The monoisotopic (exact) mass is 262 g/mol. The minimum atomic E-state index is 0.806. The van der Waals surface area contributed by atoms with Crippen molar-refractivity contribution < 1.29 is 4.79 Å². The van der Waals surface area contributed by atoms with Crippen molar-refractivity contribution in [3.05, 3.63) is 77.9 Å². The molecule has 0 fully saturated rings. The summed E-state index contributed by atoms with van der Waals surface area (Å²) in [6.07, 6.45) is 8.33. The van der Waals surface area contributed by atoms with Crippen molar-refractivity contribution in [1.82, 2.24) is 0 Å². The molecule has 0 amide bonds. The molecule has 2 aliphatic rings. The lowest BCUT2D eigenvalue weighted by atomic mass is 10.1. The zero-order valence-corrected chi connectivity index (χ0v) is 11.8. The molecule has 0 aliphatic heterocycles. The topological polar surface area (TPSA) is 17.1 Å². The highest BCUT2D eigenvalue weighted by molar-refractivity contribution is 5.78. The van der Waals surface area contributed by atoms with Crippen molar-refractivity contribution in [1.29, 1.82) is 0 Å². The van der Waals surface area contributed by atoms with E-state index in [1.54, 1.807) is 6.08 Å². The van der Waals surface area contributed by atoms with Gasteiger partial charge >= 0.3 is 0 Å². The Bertz CT molecular complexity index is 629. The van der Waals surface area contributed by atoms with E-state index in [2.05, 4.69) is 49.4 Å². The Labute approximate surface area is 120 Å². The Morgan fingerprint density at radius 1 is 0.950 bits per heavy atom. The molecule has 0 saturated carbocycles. The summed E-state index contributed by atoms with van der Waals surface area (Å²) in [5.74, 6) is 0. The third-order valence-corrected chi connectivity index (χ3v) is 3.22. The van der Waals surface area contributed by atoms with Gasteiger partial charge < -0.3 is 0 Å². The number of hydrogen-bond donors (Lipinski definition) is 0. The minimum Gasteiger partial charge on any atom is -0.299 e. The zero-order valence-electron chi connectivity index (χ0n) is 11.8. The lowest BCUT2D eigenvalue weighted by Gasteiger charge is -1.94. The van der Waals surface area contributed by atoms with Gasteiger partial charge in [0, 0.05) is 0 Å². The van der Waals surface area contributed by atoms with E-state index in [0.717, 1.165) is 11.9 Å². The van der Waals surface area contributed by atoms with Crippen LogP contribution in [0, 0.1) is 0 Å². The van der Waals surface area contributed by atoms with E-state index in [0.29, 0.717) is 0 Å². The number of allylic oxidation sites excluding steroid dienone is 6. The molecule has 0 heterocycles. The fourth-order valence-electron chi connectivity index (χ4n) is 2.05. The van der Waals surface area contributed by atoms with Crippen LogP contribution in [0.2, 0.25) is 0 Å². The lowest BCUT2D eigenvalue weighted by Crippen LogP contribution is -1.72. The van der Waals surface area contributed by atoms with Crippen LogP contribution >= 0.6 is 0 Å². The van der Waals surface area contributed by atoms with E-state index < -0.39 is 0 Å². The van der Waals surface area contributed by atoms with Crippen molar-refractivity contribution in [2.24, 2.45) is 0 Å². The third kappa shape index (κ3) is 3.55. The van der Waals surface area contributed by atoms with Gasteiger partial charge in [0.25, 0.3) is 0 Å². The van der Waals surface area contributed by atoms with Gasteiger partial charge in [-0.1, -0.05) is 48.6 Å². The fraction of sp³-hybridized carbons (Fsp3) is 0.105. The van der Waals surface area contributed by atoms with Crippen molar-refractivity contribution in [3.8, 4) is 11.1 Å². The molecule has 0 aromatic carbocycles. The van der Waals surface area contributed by atoms with Gasteiger partial charge in [-0.15, -0.1) is 0 Å². The summed E-state index contributed by atoms with van der Waals surface area (Å²) in [7, 11) is 0. The zero-order chi connectivity index (χ0) is 14.4. The van der Waals surface area contributed by atoms with Gasteiger partial charge in [0.1, 0.15) is 6.29 Å². The molecule has 0 N–H and O–H groups in total. The van der Waals surface area contributed by atoms with Crippen LogP contribution in [-0.4, -0.2) is 6.29 Å². The van der Waals surface area contributed by atoms with Crippen LogP contribution in [0.4, 0.5) is 0 Å². The molecule has 0 aromatic heterocycles. The average molecular weight is 262 g/mol. The summed E-state index contributed by atoms with van der Waals surface area (Å²) in [6, 6.07) is 14.8. The first-order valence-electron chi connectivity index (χ1n) is 6.67. The van der Waals surface area contributed by atoms with Crippen LogP contribution in [0.25, 0.3) is 16.7 Å². The van der Waals surface area contributed by atoms with Crippen LogP contribution in [-0.2, 0) is 4.79 Å². The van der Waals surface area contributed by atoms with Gasteiger partial charge in [-0.05, 0) is 59.9 Å². The molecule has 0 bridgehead atoms. The molecular weight excluding hydrogens is 244 g/mol. The maximum absolute atomic E-state index is 10.3. The molecule has 0 saturated heterocycles. The quantitative estimate of drug-likeness (QED) is 0.435. The van der Waals surface area contributed by atoms with Gasteiger partial charge in [0.2, 0.25) is 0 Å². The smallest absolute Gasteiger partial charge is 0.143 e. The maximum atomic E-state index is 10.3. The molecule has 1 heteroatoms. The molecule has 0 atom stereocenters. The fourth-order valence-corrected chi connectivity index (χ4v) is 2.05. The first-order chi connectivity index (χ1) is 9.70. The molecule has 0 aromatic rings. The number of fused-ring (bicyclic) bond motifs is 1. The van der Waals surface area contributed by atoms with Crippen molar-refractivity contribution in [3.63, 3.8) is 0 Å². The van der Waals surface area contributed by atoms with E-state index in [4.69, 9.17) is 0 Å². The minimum absolute atomic E-state index is 0.806. The summed E-state index contributed by atoms with van der Waals surface area (Å²) >= 11 is 0. The Morgan fingerprint density at radius 3 is 2.20 bits per heavy atom. The summed E-state index contributed by atoms with van der Waals surface area (Å²) in [5.41, 5.74) is 5.88. The molecule has 1 nitrogen and oxygen atoms in total. The number of aldehydes is 1. The molecular formula is C19H18O. The van der Waals surface area contributed by atoms with Gasteiger partial charge in [-0.2, -0.15) is 0 Å². The van der Waals surface area contributed by atoms with Crippen molar-refractivity contribution >= 4 is 11.9 Å². The number of carbonyl (C=O) groups excluding carboxylic acids is 1. The number of hydrogen-bond acceptors (Lipinski definition) is 1. The summed E-state index contributed by atoms with van der Waals surface area (Å²) in [6.45, 7) is 4.00. The Balaban J connectivity index is 2.24. The van der Waals surface area contributed by atoms with Gasteiger partial charge in [0.15, 0.2) is 0 Å². The second kappa shape index (κ2) is 6.67. The SMILES string of the molecule is CC(/C=C/C=C(\C)c1cc2cccccc-2c1)=C\C=O. The highest BCUT2D eigenvalue weighted by atomic mass is 16.1. The molecule has 100 valence electrons. The van der Waals surface area contributed by atoms with E-state index >= 15 is 0 Å². The number of carbonyl (C=O) groups is 1. The Morgan fingerprint density at radius 2 is 1.60 bits per heavy atom. The predicted molar refractivity (Wildman–Crippen MR) is 85.7 cm³/mol. The average Bonchev–Trinajstić information content (AvgIpc) is 2.70. The summed E-state index contributed by atoms with van der Waals surface area (Å²) in [4.78, 5) is 10.3. The highest BCUT2D eigenvalue weighted by Crippen LogP contribution is 2.28. The van der Waals surface area contributed by atoms with Crippen LogP contribution in [0.3, 0.4) is 0 Å². The molecule has 0 radical (unpaired) electrons. The summed E-state index contributed by atoms with van der Waals surface area (Å²) < 4.78 is 0. The van der Waals surface area contributed by atoms with E-state index in [-0.39, 0.29) is 0 Å². The molecule has 20 heavy (non-hydrogen) atoms. The Hall–Kier alpha value is -2.41. The first-order valence-corrected chi connectivity index (χ1v) is 6.67. The summed E-state index contributed by atoms with van der Waals surface area (Å²) in [5, 5.41) is 0. The van der Waals surface area contributed by atoms with E-state index in [1.807, 2.05) is 25.1 Å². The van der Waals surface area contributed by atoms with Gasteiger partial charge in [0.05, 0.1) is 0 Å². The normalized spacial score (nSPS) is 13.1. The molecule has 2 rings (SSSR count). The Kier molecular flexibility index (Phi) is 4.67. The van der Waals surface area contributed by atoms with Gasteiger partial charge in [-0.25, -0.2) is 0 Å². The largest absolute Gasteiger partial charge is 0.299 e. The van der Waals surface area contributed by atoms with Gasteiger partial charge in [-0.3, -0.25) is 4.79 Å².